The normalized spacial score (nSPS) is 12.0. The minimum Gasteiger partial charge on any atom is -0.360 e. The molecular weight excluding hydrogens is 248 g/mol. The van der Waals surface area contributed by atoms with Crippen molar-refractivity contribution >= 4 is 17.6 Å². The highest BCUT2D eigenvalue weighted by Crippen LogP contribution is 2.07. The first kappa shape index (κ1) is 15.2. The minimum atomic E-state index is -0.315. The third-order valence-corrected chi connectivity index (χ3v) is 2.63. The molecule has 1 aromatic rings. The molecule has 106 valence electrons. The second-order valence-electron chi connectivity index (χ2n) is 4.67. The third-order valence-electron chi connectivity index (χ3n) is 2.63. The maximum absolute atomic E-state index is 11.8. The maximum Gasteiger partial charge on any atom is 0.245 e. The molecular formula is C12H20N4O3. The van der Waals surface area contributed by atoms with E-state index >= 15 is 0 Å². The van der Waals surface area contributed by atoms with E-state index in [1.807, 2.05) is 6.92 Å². The number of hydrogen-bond donors (Lipinski definition) is 2. The van der Waals surface area contributed by atoms with Gasteiger partial charge >= 0.3 is 0 Å². The fraction of sp³-hybridized carbons (Fsp3) is 0.583. The number of nitrogens with zero attached hydrogens (tertiary/aromatic N) is 2. The topological polar surface area (TPSA) is 101 Å². The van der Waals surface area contributed by atoms with Crippen LogP contribution in [-0.4, -0.2) is 42.0 Å². The lowest BCUT2D eigenvalue weighted by molar-refractivity contribution is -0.134. The number of carbonyl (C=O) groups excluding carboxylic acids is 2. The van der Waals surface area contributed by atoms with Crippen molar-refractivity contribution in [3.63, 3.8) is 0 Å². The quantitative estimate of drug-likeness (QED) is 0.776. The summed E-state index contributed by atoms with van der Waals surface area (Å²) in [4.78, 5) is 24.8. The maximum atomic E-state index is 11.8. The van der Waals surface area contributed by atoms with E-state index in [0.717, 1.165) is 0 Å². The molecule has 0 spiro atoms. The van der Waals surface area contributed by atoms with Gasteiger partial charge in [-0.2, -0.15) is 0 Å². The molecule has 0 radical (unpaired) electrons. The van der Waals surface area contributed by atoms with Crippen LogP contribution in [0.15, 0.2) is 10.6 Å². The van der Waals surface area contributed by atoms with E-state index in [1.54, 1.807) is 20.0 Å². The molecule has 1 aromatic heterocycles. The van der Waals surface area contributed by atoms with Crippen LogP contribution in [0.4, 0.5) is 5.82 Å². The van der Waals surface area contributed by atoms with Crippen LogP contribution in [0.3, 0.4) is 0 Å². The highest BCUT2D eigenvalue weighted by Gasteiger charge is 2.16. The van der Waals surface area contributed by atoms with E-state index in [2.05, 4.69) is 10.5 Å². The summed E-state index contributed by atoms with van der Waals surface area (Å²) >= 11 is 0. The number of nitrogens with one attached hydrogen (secondary N) is 1. The summed E-state index contributed by atoms with van der Waals surface area (Å²) in [6.07, 6.45) is 0.337. The molecule has 2 amide bonds. The number of rotatable bonds is 6. The van der Waals surface area contributed by atoms with Crippen molar-refractivity contribution in [3.8, 4) is 0 Å². The van der Waals surface area contributed by atoms with Gasteiger partial charge < -0.3 is 20.5 Å². The van der Waals surface area contributed by atoms with Crippen molar-refractivity contribution < 1.29 is 14.1 Å². The Bertz CT molecular complexity index is 444. The second kappa shape index (κ2) is 6.89. The number of aromatic nitrogens is 1. The van der Waals surface area contributed by atoms with E-state index in [0.29, 0.717) is 24.5 Å². The summed E-state index contributed by atoms with van der Waals surface area (Å²) in [5.41, 5.74) is 5.46. The van der Waals surface area contributed by atoms with Crippen molar-refractivity contribution in [2.45, 2.75) is 20.3 Å². The average Bonchev–Trinajstić information content (AvgIpc) is 2.74. The number of carbonyl (C=O) groups is 2. The minimum absolute atomic E-state index is 0.0258. The number of amides is 2. The zero-order chi connectivity index (χ0) is 14.4. The zero-order valence-corrected chi connectivity index (χ0v) is 11.5. The predicted octanol–water partition coefficient (Wildman–Crippen LogP) is 0.365. The summed E-state index contributed by atoms with van der Waals surface area (Å²) in [6.45, 7) is 4.04. The van der Waals surface area contributed by atoms with Crippen LogP contribution in [0.1, 0.15) is 19.1 Å². The monoisotopic (exact) mass is 268 g/mol. The van der Waals surface area contributed by atoms with Gasteiger partial charge in [0.15, 0.2) is 5.82 Å². The lowest BCUT2D eigenvalue weighted by Crippen LogP contribution is -2.36. The zero-order valence-electron chi connectivity index (χ0n) is 11.5. The fourth-order valence-electron chi connectivity index (χ4n) is 1.45. The standard InChI is InChI=1S/C12H20N4O3/c1-8(6-13)4-12(18)16(3)7-11(17)14-10-5-9(2)19-15-10/h5,8H,4,6-7,13H2,1-3H3,(H,14,15,17). The molecule has 0 aromatic carbocycles. The molecule has 0 bridgehead atoms. The van der Waals surface area contributed by atoms with Gasteiger partial charge in [-0.15, -0.1) is 0 Å². The van der Waals surface area contributed by atoms with Gasteiger partial charge in [0.25, 0.3) is 0 Å². The Morgan fingerprint density at radius 3 is 2.79 bits per heavy atom. The Morgan fingerprint density at radius 1 is 1.58 bits per heavy atom. The smallest absolute Gasteiger partial charge is 0.245 e. The molecule has 0 saturated carbocycles. The van der Waals surface area contributed by atoms with Gasteiger partial charge in [0, 0.05) is 19.5 Å². The Morgan fingerprint density at radius 2 is 2.26 bits per heavy atom. The molecule has 1 unspecified atom stereocenters. The molecule has 0 aliphatic heterocycles. The van der Waals surface area contributed by atoms with Crippen molar-refractivity contribution in [3.05, 3.63) is 11.8 Å². The lowest BCUT2D eigenvalue weighted by atomic mass is 10.1. The first-order valence-corrected chi connectivity index (χ1v) is 6.09. The van der Waals surface area contributed by atoms with E-state index in [1.165, 1.54) is 4.90 Å². The van der Waals surface area contributed by atoms with Gasteiger partial charge in [-0.1, -0.05) is 12.1 Å². The molecule has 3 N–H and O–H groups in total. The summed E-state index contributed by atoms with van der Waals surface area (Å²) in [5, 5.41) is 6.20. The van der Waals surface area contributed by atoms with Gasteiger partial charge in [-0.3, -0.25) is 9.59 Å². The van der Waals surface area contributed by atoms with Crippen LogP contribution in [0, 0.1) is 12.8 Å². The second-order valence-corrected chi connectivity index (χ2v) is 4.67. The molecule has 19 heavy (non-hydrogen) atoms. The van der Waals surface area contributed by atoms with Gasteiger partial charge in [0.1, 0.15) is 5.76 Å². The summed E-state index contributed by atoms with van der Waals surface area (Å²) < 4.78 is 4.83. The van der Waals surface area contributed by atoms with Crippen molar-refractivity contribution in [2.75, 3.05) is 25.5 Å². The van der Waals surface area contributed by atoms with Crippen LogP contribution in [-0.2, 0) is 9.59 Å². The van der Waals surface area contributed by atoms with E-state index in [-0.39, 0.29) is 24.3 Å². The Hall–Kier alpha value is -1.89. The first-order chi connectivity index (χ1) is 8.92. The number of nitrogens with two attached hydrogens (primary N) is 1. The van der Waals surface area contributed by atoms with Gasteiger partial charge in [-0.25, -0.2) is 0 Å². The van der Waals surface area contributed by atoms with Gasteiger partial charge in [-0.05, 0) is 19.4 Å². The highest BCUT2D eigenvalue weighted by molar-refractivity contribution is 5.93. The van der Waals surface area contributed by atoms with E-state index in [4.69, 9.17) is 10.3 Å². The Labute approximate surface area is 112 Å². The molecule has 0 saturated heterocycles. The predicted molar refractivity (Wildman–Crippen MR) is 70.3 cm³/mol. The molecule has 1 rings (SSSR count). The molecule has 0 aliphatic rings. The van der Waals surface area contributed by atoms with Crippen molar-refractivity contribution in [2.24, 2.45) is 11.7 Å². The van der Waals surface area contributed by atoms with Gasteiger partial charge in [0.2, 0.25) is 11.8 Å². The van der Waals surface area contributed by atoms with Crippen LogP contribution in [0.25, 0.3) is 0 Å². The molecule has 0 aliphatic carbocycles. The lowest BCUT2D eigenvalue weighted by Gasteiger charge is -2.18. The van der Waals surface area contributed by atoms with Crippen molar-refractivity contribution in [1.82, 2.24) is 10.1 Å². The molecule has 7 heteroatoms. The summed E-state index contributed by atoms with van der Waals surface area (Å²) in [6, 6.07) is 1.61. The first-order valence-electron chi connectivity index (χ1n) is 6.09. The third kappa shape index (κ3) is 5.09. The molecule has 0 fully saturated rings. The highest BCUT2D eigenvalue weighted by atomic mass is 16.5. The van der Waals surface area contributed by atoms with Crippen LogP contribution in [0.2, 0.25) is 0 Å². The largest absolute Gasteiger partial charge is 0.360 e. The van der Waals surface area contributed by atoms with E-state index < -0.39 is 0 Å². The van der Waals surface area contributed by atoms with Crippen molar-refractivity contribution in [1.29, 1.82) is 0 Å². The molecule has 1 atom stereocenters. The average molecular weight is 268 g/mol. The van der Waals surface area contributed by atoms with Crippen LogP contribution >= 0.6 is 0 Å². The summed E-state index contributed by atoms with van der Waals surface area (Å²) in [5.74, 6) is 0.639. The number of hydrogen-bond acceptors (Lipinski definition) is 5. The summed E-state index contributed by atoms with van der Waals surface area (Å²) in [7, 11) is 1.58. The molecule has 1 heterocycles. The fourth-order valence-corrected chi connectivity index (χ4v) is 1.45. The van der Waals surface area contributed by atoms with Gasteiger partial charge in [0.05, 0.1) is 6.54 Å². The SMILES string of the molecule is Cc1cc(NC(=O)CN(C)C(=O)CC(C)CN)no1. The Kier molecular flexibility index (Phi) is 5.50. The molecule has 7 nitrogen and oxygen atoms in total. The van der Waals surface area contributed by atoms with E-state index in [9.17, 15) is 9.59 Å². The van der Waals surface area contributed by atoms with Crippen LogP contribution in [0.5, 0.6) is 0 Å². The van der Waals surface area contributed by atoms with Crippen LogP contribution < -0.4 is 11.1 Å². The Balaban J connectivity index is 2.41. The number of aryl methyl sites for hydroxylation is 1. The number of anilines is 1. The number of likely N-dealkylation sites (N-methyl/N-ethyl adjacent to an activating group) is 1.